The number of hydrogen-bond donors (Lipinski definition) is 0. The summed E-state index contributed by atoms with van der Waals surface area (Å²) in [6.07, 6.45) is -0.371. The van der Waals surface area contributed by atoms with Gasteiger partial charge in [0.15, 0.2) is 0 Å². The number of sulfonamides is 1. The van der Waals surface area contributed by atoms with E-state index in [4.69, 9.17) is 9.47 Å². The first-order chi connectivity index (χ1) is 13.3. The Hall–Kier alpha value is -1.55. The molecule has 152 valence electrons. The van der Waals surface area contributed by atoms with Crippen LogP contribution >= 0.6 is 15.9 Å². The van der Waals surface area contributed by atoms with Gasteiger partial charge in [-0.3, -0.25) is 0 Å². The van der Waals surface area contributed by atoms with Crippen molar-refractivity contribution in [3.8, 4) is 5.88 Å². The van der Waals surface area contributed by atoms with Crippen LogP contribution in [0.4, 0.5) is 0 Å². The van der Waals surface area contributed by atoms with E-state index in [-0.39, 0.29) is 30.1 Å². The lowest BCUT2D eigenvalue weighted by molar-refractivity contribution is -0.0257. The Bertz CT molecular complexity index is 937. The summed E-state index contributed by atoms with van der Waals surface area (Å²) in [4.78, 5) is 9.07. The minimum absolute atomic E-state index is 0.193. The van der Waals surface area contributed by atoms with Gasteiger partial charge in [-0.25, -0.2) is 13.4 Å². The monoisotopic (exact) mass is 469 g/mol. The van der Waals surface area contributed by atoms with Crippen LogP contribution in [0.3, 0.4) is 0 Å². The second-order valence-corrected chi connectivity index (χ2v) is 9.72. The van der Waals surface area contributed by atoms with Gasteiger partial charge >= 0.3 is 0 Å². The van der Waals surface area contributed by atoms with Crippen molar-refractivity contribution in [2.45, 2.75) is 37.7 Å². The van der Waals surface area contributed by atoms with Crippen molar-refractivity contribution < 1.29 is 17.9 Å². The first-order valence-corrected chi connectivity index (χ1v) is 11.4. The van der Waals surface area contributed by atoms with Crippen LogP contribution in [-0.2, 0) is 14.8 Å². The number of aryl methyl sites for hydroxylation is 1. The molecule has 9 heteroatoms. The van der Waals surface area contributed by atoms with Gasteiger partial charge in [0.25, 0.3) is 0 Å². The maximum atomic E-state index is 13.0. The molecule has 28 heavy (non-hydrogen) atoms. The van der Waals surface area contributed by atoms with Gasteiger partial charge < -0.3 is 9.47 Å². The second-order valence-electron chi connectivity index (χ2n) is 6.96. The van der Waals surface area contributed by atoms with Crippen molar-refractivity contribution in [3.63, 3.8) is 0 Å². The lowest BCUT2D eigenvalue weighted by Crippen LogP contribution is -2.47. The molecule has 0 amide bonds. The molecular weight excluding hydrogens is 446 g/mol. The first kappa shape index (κ1) is 21.2. The molecule has 0 aliphatic carbocycles. The third-order valence-corrected chi connectivity index (χ3v) is 7.21. The van der Waals surface area contributed by atoms with E-state index < -0.39 is 10.0 Å². The topological polar surface area (TPSA) is 81.6 Å². The predicted molar refractivity (Wildman–Crippen MR) is 109 cm³/mol. The quantitative estimate of drug-likeness (QED) is 0.646. The molecule has 0 radical (unpaired) electrons. The largest absolute Gasteiger partial charge is 0.475 e. The average molecular weight is 470 g/mol. The number of ether oxygens (including phenoxy) is 2. The molecule has 1 aliphatic heterocycles. The Labute approximate surface area is 174 Å². The van der Waals surface area contributed by atoms with Crippen molar-refractivity contribution in [3.05, 3.63) is 46.3 Å². The Morgan fingerprint density at radius 3 is 2.79 bits per heavy atom. The Kier molecular flexibility index (Phi) is 6.69. The first-order valence-electron chi connectivity index (χ1n) is 9.12. The Morgan fingerprint density at radius 1 is 1.32 bits per heavy atom. The normalized spacial score (nSPS) is 18.4. The van der Waals surface area contributed by atoms with E-state index in [9.17, 15) is 8.42 Å². The SMILES string of the molecule is Cc1cc(OCC2CN(S(=O)(=O)c3ccccc3Br)CCO2)nc(C(C)C)n1. The van der Waals surface area contributed by atoms with Gasteiger partial charge in [0.1, 0.15) is 18.5 Å². The average Bonchev–Trinajstić information content (AvgIpc) is 2.66. The number of nitrogens with zero attached hydrogens (tertiary/aromatic N) is 3. The van der Waals surface area contributed by atoms with Gasteiger partial charge in [0.05, 0.1) is 11.5 Å². The minimum Gasteiger partial charge on any atom is -0.475 e. The van der Waals surface area contributed by atoms with Crippen LogP contribution in [0.5, 0.6) is 5.88 Å². The van der Waals surface area contributed by atoms with Crippen LogP contribution in [0.2, 0.25) is 0 Å². The molecule has 2 aromatic rings. The third-order valence-electron chi connectivity index (χ3n) is 4.34. The highest BCUT2D eigenvalue weighted by molar-refractivity contribution is 9.10. The molecule has 0 spiro atoms. The molecule has 1 atom stereocenters. The molecule has 1 aromatic carbocycles. The van der Waals surface area contributed by atoms with E-state index >= 15 is 0 Å². The molecule has 2 heterocycles. The fraction of sp³-hybridized carbons (Fsp3) is 0.474. The maximum Gasteiger partial charge on any atom is 0.244 e. The van der Waals surface area contributed by atoms with Crippen LogP contribution < -0.4 is 4.74 Å². The molecule has 0 saturated carbocycles. The molecule has 1 unspecified atom stereocenters. The summed E-state index contributed by atoms with van der Waals surface area (Å²) in [6.45, 7) is 7.01. The highest BCUT2D eigenvalue weighted by Crippen LogP contribution is 2.26. The van der Waals surface area contributed by atoms with Crippen molar-refractivity contribution >= 4 is 26.0 Å². The van der Waals surface area contributed by atoms with E-state index in [1.807, 2.05) is 20.8 Å². The molecule has 1 aliphatic rings. The number of benzene rings is 1. The zero-order valence-corrected chi connectivity index (χ0v) is 18.5. The van der Waals surface area contributed by atoms with Crippen LogP contribution in [0.25, 0.3) is 0 Å². The number of aromatic nitrogens is 2. The lowest BCUT2D eigenvalue weighted by Gasteiger charge is -2.32. The van der Waals surface area contributed by atoms with E-state index in [0.717, 1.165) is 11.5 Å². The smallest absolute Gasteiger partial charge is 0.244 e. The summed E-state index contributed by atoms with van der Waals surface area (Å²) in [5.74, 6) is 1.39. The maximum absolute atomic E-state index is 13.0. The number of morpholine rings is 1. The standard InChI is InChI=1S/C19H24BrN3O4S/c1-13(2)19-21-14(3)10-18(22-19)27-12-15-11-23(8-9-26-15)28(24,25)17-7-5-4-6-16(17)20/h4-7,10,13,15H,8-9,11-12H2,1-3H3. The molecule has 1 aromatic heterocycles. The molecule has 0 N–H and O–H groups in total. The van der Waals surface area contributed by atoms with E-state index in [1.54, 1.807) is 30.3 Å². The van der Waals surface area contributed by atoms with Crippen LogP contribution in [0, 0.1) is 6.92 Å². The highest BCUT2D eigenvalue weighted by Gasteiger charge is 2.32. The van der Waals surface area contributed by atoms with Crippen molar-refractivity contribution in [2.24, 2.45) is 0 Å². The summed E-state index contributed by atoms with van der Waals surface area (Å²) in [5.41, 5.74) is 0.830. The second kappa shape index (κ2) is 8.86. The molecule has 3 rings (SSSR count). The zero-order chi connectivity index (χ0) is 20.3. The molecule has 0 bridgehead atoms. The fourth-order valence-corrected chi connectivity index (χ4v) is 5.30. The van der Waals surface area contributed by atoms with E-state index in [0.29, 0.717) is 23.5 Å². The third kappa shape index (κ3) is 4.89. The Morgan fingerprint density at radius 2 is 2.07 bits per heavy atom. The molecule has 1 saturated heterocycles. The minimum atomic E-state index is -3.61. The molecule has 7 nitrogen and oxygen atoms in total. The van der Waals surface area contributed by atoms with Crippen molar-refractivity contribution in [1.29, 1.82) is 0 Å². The lowest BCUT2D eigenvalue weighted by atomic mass is 10.2. The van der Waals surface area contributed by atoms with E-state index in [2.05, 4.69) is 25.9 Å². The molecular formula is C19H24BrN3O4S. The van der Waals surface area contributed by atoms with Gasteiger partial charge in [-0.1, -0.05) is 26.0 Å². The zero-order valence-electron chi connectivity index (χ0n) is 16.1. The fourth-order valence-electron chi connectivity index (χ4n) is 2.88. The van der Waals surface area contributed by atoms with Crippen LogP contribution in [0.15, 0.2) is 39.7 Å². The number of halogens is 1. The summed E-state index contributed by atoms with van der Waals surface area (Å²) >= 11 is 3.32. The van der Waals surface area contributed by atoms with Gasteiger partial charge in [0.2, 0.25) is 15.9 Å². The van der Waals surface area contributed by atoms with Crippen LogP contribution in [-0.4, -0.2) is 55.1 Å². The van der Waals surface area contributed by atoms with Crippen molar-refractivity contribution in [2.75, 3.05) is 26.3 Å². The van der Waals surface area contributed by atoms with Gasteiger partial charge in [-0.2, -0.15) is 9.29 Å². The van der Waals surface area contributed by atoms with Gasteiger partial charge in [0, 0.05) is 35.2 Å². The summed E-state index contributed by atoms with van der Waals surface area (Å²) < 4.78 is 39.4. The number of hydrogen-bond acceptors (Lipinski definition) is 6. The summed E-state index contributed by atoms with van der Waals surface area (Å²) in [7, 11) is -3.61. The predicted octanol–water partition coefficient (Wildman–Crippen LogP) is 3.14. The van der Waals surface area contributed by atoms with Gasteiger partial charge in [-0.15, -0.1) is 0 Å². The Balaban J connectivity index is 1.68. The van der Waals surface area contributed by atoms with Crippen LogP contribution in [0.1, 0.15) is 31.3 Å². The summed E-state index contributed by atoms with van der Waals surface area (Å²) in [6, 6.07) is 8.58. The number of rotatable bonds is 6. The van der Waals surface area contributed by atoms with Crippen molar-refractivity contribution in [1.82, 2.24) is 14.3 Å². The summed E-state index contributed by atoms with van der Waals surface area (Å²) in [5, 5.41) is 0. The van der Waals surface area contributed by atoms with Gasteiger partial charge in [-0.05, 0) is 35.0 Å². The van der Waals surface area contributed by atoms with E-state index in [1.165, 1.54) is 4.31 Å². The highest BCUT2D eigenvalue weighted by atomic mass is 79.9. The molecule has 1 fully saturated rings.